The van der Waals surface area contributed by atoms with Crippen LogP contribution in [0.3, 0.4) is 0 Å². The van der Waals surface area contributed by atoms with Crippen LogP contribution in [-0.2, 0) is 17.5 Å². The standard InChI is InChI=1S/C16H23Cl3O2Si2/c1-22(15-5-3-2-4-6-15)20-12-14-11-13(7-8-16(14)21-22)9-10-23(17,18)19/h7-8,11,15H,2-6,9-10,12H2,1H3. The highest BCUT2D eigenvalue weighted by molar-refractivity contribution is 7.64. The average Bonchev–Trinajstić information content (AvgIpc) is 2.53. The van der Waals surface area contributed by atoms with E-state index in [0.717, 1.165) is 17.7 Å². The predicted molar refractivity (Wildman–Crippen MR) is 102 cm³/mol. The summed E-state index contributed by atoms with van der Waals surface area (Å²) in [6, 6.07) is 4.42. The number of hydrogen-bond acceptors (Lipinski definition) is 2. The molecule has 1 aliphatic carbocycles. The van der Waals surface area contributed by atoms with E-state index in [1.807, 2.05) is 0 Å². The maximum absolute atomic E-state index is 6.41. The number of fused-ring (bicyclic) bond motifs is 1. The zero-order chi connectivity index (χ0) is 16.5. The first-order valence-electron chi connectivity index (χ1n) is 8.37. The van der Waals surface area contributed by atoms with Crippen LogP contribution in [0.15, 0.2) is 18.2 Å². The fourth-order valence-electron chi connectivity index (χ4n) is 3.58. The number of aryl methyl sites for hydroxylation is 1. The molecule has 0 N–H and O–H groups in total. The lowest BCUT2D eigenvalue weighted by Crippen LogP contribution is -2.49. The second kappa shape index (κ2) is 7.26. The molecule has 7 heteroatoms. The first-order valence-corrected chi connectivity index (χ1v) is 16.0. The summed E-state index contributed by atoms with van der Waals surface area (Å²) < 4.78 is 12.7. The highest BCUT2D eigenvalue weighted by Crippen LogP contribution is 2.42. The lowest BCUT2D eigenvalue weighted by Gasteiger charge is -2.40. The molecule has 1 aromatic carbocycles. The molecular formula is C16H23Cl3O2Si2. The van der Waals surface area contributed by atoms with Gasteiger partial charge >= 0.3 is 14.6 Å². The number of halogens is 3. The molecule has 2 nitrogen and oxygen atoms in total. The van der Waals surface area contributed by atoms with E-state index in [2.05, 4.69) is 24.7 Å². The lowest BCUT2D eigenvalue weighted by molar-refractivity contribution is 0.187. The quantitative estimate of drug-likeness (QED) is 0.435. The van der Waals surface area contributed by atoms with Crippen LogP contribution in [0.5, 0.6) is 5.75 Å². The van der Waals surface area contributed by atoms with Gasteiger partial charge in [-0.1, -0.05) is 25.3 Å². The Labute approximate surface area is 154 Å². The van der Waals surface area contributed by atoms with E-state index < -0.39 is 14.6 Å². The highest BCUT2D eigenvalue weighted by atomic mass is 35.8. The Hall–Kier alpha value is 0.284. The zero-order valence-corrected chi connectivity index (χ0v) is 17.7. The average molecular weight is 410 g/mol. The second-order valence-electron chi connectivity index (χ2n) is 6.80. The van der Waals surface area contributed by atoms with E-state index in [1.54, 1.807) is 0 Å². The minimum Gasteiger partial charge on any atom is -0.520 e. The smallest absolute Gasteiger partial charge is 0.399 e. The van der Waals surface area contributed by atoms with Gasteiger partial charge in [0.2, 0.25) is 0 Å². The molecule has 1 aliphatic heterocycles. The Morgan fingerprint density at radius 3 is 2.61 bits per heavy atom. The second-order valence-corrected chi connectivity index (χ2v) is 19.4. The van der Waals surface area contributed by atoms with Crippen LogP contribution >= 0.6 is 33.2 Å². The third-order valence-electron chi connectivity index (χ3n) is 5.00. The van der Waals surface area contributed by atoms with Crippen LogP contribution in [0, 0.1) is 0 Å². The molecule has 0 aromatic heterocycles. The van der Waals surface area contributed by atoms with Crippen molar-refractivity contribution in [1.82, 2.24) is 0 Å². The molecular weight excluding hydrogens is 387 g/mol. The number of benzene rings is 1. The molecule has 1 saturated carbocycles. The molecule has 2 aliphatic rings. The van der Waals surface area contributed by atoms with Crippen molar-refractivity contribution >= 4 is 47.8 Å². The van der Waals surface area contributed by atoms with Crippen molar-refractivity contribution in [1.29, 1.82) is 0 Å². The van der Waals surface area contributed by atoms with Gasteiger partial charge in [-0.2, -0.15) is 0 Å². The van der Waals surface area contributed by atoms with Crippen LogP contribution in [0.4, 0.5) is 0 Å². The monoisotopic (exact) mass is 408 g/mol. The van der Waals surface area contributed by atoms with E-state index >= 15 is 0 Å². The van der Waals surface area contributed by atoms with Crippen molar-refractivity contribution in [3.05, 3.63) is 29.3 Å². The van der Waals surface area contributed by atoms with Gasteiger partial charge in [-0.15, -0.1) is 33.2 Å². The molecule has 0 radical (unpaired) electrons. The molecule has 1 atom stereocenters. The van der Waals surface area contributed by atoms with Gasteiger partial charge in [0.15, 0.2) is 0 Å². The van der Waals surface area contributed by atoms with Gasteiger partial charge in [0.1, 0.15) is 5.75 Å². The molecule has 0 saturated heterocycles. The van der Waals surface area contributed by atoms with Crippen molar-refractivity contribution in [2.45, 2.75) is 63.3 Å². The van der Waals surface area contributed by atoms with E-state index in [-0.39, 0.29) is 0 Å². The Bertz CT molecular complexity index is 559. The van der Waals surface area contributed by atoms with Gasteiger partial charge in [-0.3, -0.25) is 0 Å². The first-order chi connectivity index (χ1) is 10.9. The third-order valence-corrected chi connectivity index (χ3v) is 10.9. The summed E-state index contributed by atoms with van der Waals surface area (Å²) in [4.78, 5) is 0. The van der Waals surface area contributed by atoms with Crippen molar-refractivity contribution in [2.75, 3.05) is 0 Å². The molecule has 0 spiro atoms. The topological polar surface area (TPSA) is 18.5 Å². The molecule has 0 amide bonds. The molecule has 1 aromatic rings. The van der Waals surface area contributed by atoms with Crippen LogP contribution in [0.2, 0.25) is 18.1 Å². The van der Waals surface area contributed by atoms with Gasteiger partial charge in [0.05, 0.1) is 6.61 Å². The Morgan fingerprint density at radius 2 is 1.91 bits per heavy atom. The van der Waals surface area contributed by atoms with Crippen molar-refractivity contribution in [2.24, 2.45) is 0 Å². The maximum Gasteiger partial charge on any atom is 0.399 e. The van der Waals surface area contributed by atoms with E-state index in [0.29, 0.717) is 18.2 Å². The minimum absolute atomic E-state index is 0.624. The predicted octanol–water partition coefficient (Wildman–Crippen LogP) is 6.20. The van der Waals surface area contributed by atoms with E-state index in [1.165, 1.54) is 37.7 Å². The summed E-state index contributed by atoms with van der Waals surface area (Å²) in [5, 5.41) is 0. The molecule has 128 valence electrons. The van der Waals surface area contributed by atoms with Gasteiger partial charge in [0, 0.05) is 11.1 Å². The van der Waals surface area contributed by atoms with Gasteiger partial charge in [-0.05, 0) is 49.5 Å². The SMILES string of the molecule is C[Si]1(C2CCCCC2)OCc2cc(CC[Si](Cl)(Cl)Cl)ccc2O1. The third kappa shape index (κ3) is 4.68. The zero-order valence-electron chi connectivity index (χ0n) is 13.4. The first kappa shape index (κ1) is 18.1. The summed E-state index contributed by atoms with van der Waals surface area (Å²) in [5.74, 6) is 1.01. The summed E-state index contributed by atoms with van der Waals surface area (Å²) >= 11 is 17.9. The Morgan fingerprint density at radius 1 is 1.17 bits per heavy atom. The number of hydrogen-bond donors (Lipinski definition) is 0. The molecule has 1 fully saturated rings. The molecule has 1 unspecified atom stereocenters. The van der Waals surface area contributed by atoms with Crippen LogP contribution in [0.25, 0.3) is 0 Å². The molecule has 3 rings (SSSR count). The van der Waals surface area contributed by atoms with Crippen LogP contribution in [-0.4, -0.2) is 14.6 Å². The van der Waals surface area contributed by atoms with Crippen LogP contribution < -0.4 is 4.43 Å². The summed E-state index contributed by atoms with van der Waals surface area (Å²) in [6.07, 6.45) is 7.29. The van der Waals surface area contributed by atoms with Gasteiger partial charge < -0.3 is 8.85 Å². The van der Waals surface area contributed by atoms with E-state index in [9.17, 15) is 0 Å². The molecule has 23 heavy (non-hydrogen) atoms. The van der Waals surface area contributed by atoms with Crippen molar-refractivity contribution in [3.8, 4) is 5.75 Å². The minimum atomic E-state index is -2.56. The fourth-order valence-corrected chi connectivity index (χ4v) is 8.00. The summed E-state index contributed by atoms with van der Waals surface area (Å²) in [7, 11) is -2.11. The fraction of sp³-hybridized carbons (Fsp3) is 0.625. The molecule has 1 heterocycles. The summed E-state index contributed by atoms with van der Waals surface area (Å²) in [6.45, 7) is 2.89. The van der Waals surface area contributed by atoms with E-state index in [4.69, 9.17) is 42.1 Å². The van der Waals surface area contributed by atoms with Gasteiger partial charge in [0.25, 0.3) is 0 Å². The van der Waals surface area contributed by atoms with Crippen molar-refractivity contribution in [3.63, 3.8) is 0 Å². The lowest BCUT2D eigenvalue weighted by atomic mass is 10.0. The van der Waals surface area contributed by atoms with Crippen LogP contribution in [0.1, 0.15) is 43.2 Å². The normalized spacial score (nSPS) is 25.7. The van der Waals surface area contributed by atoms with Gasteiger partial charge in [-0.25, -0.2) is 0 Å². The highest BCUT2D eigenvalue weighted by Gasteiger charge is 2.46. The Kier molecular flexibility index (Phi) is 5.71. The maximum atomic E-state index is 6.41. The Balaban J connectivity index is 1.69. The summed E-state index contributed by atoms with van der Waals surface area (Å²) in [5.41, 5.74) is 2.95. The number of rotatable bonds is 4. The molecule has 0 bridgehead atoms. The largest absolute Gasteiger partial charge is 0.520 e. The van der Waals surface area contributed by atoms with Crippen molar-refractivity contribution < 1.29 is 8.85 Å².